The molecule has 0 aliphatic carbocycles. The van der Waals surface area contributed by atoms with Crippen molar-refractivity contribution in [2.24, 2.45) is 0 Å². The van der Waals surface area contributed by atoms with Gasteiger partial charge < -0.3 is 10.4 Å². The van der Waals surface area contributed by atoms with E-state index < -0.39 is 12.0 Å². The van der Waals surface area contributed by atoms with Crippen molar-refractivity contribution < 1.29 is 14.7 Å². The highest BCUT2D eigenvalue weighted by molar-refractivity contribution is 7.98. The molecule has 1 amide bonds. The van der Waals surface area contributed by atoms with Crippen molar-refractivity contribution in [2.45, 2.75) is 37.8 Å². The van der Waals surface area contributed by atoms with Crippen molar-refractivity contribution in [2.75, 3.05) is 12.0 Å². The van der Waals surface area contributed by atoms with E-state index >= 15 is 0 Å². The van der Waals surface area contributed by atoms with Crippen molar-refractivity contribution in [1.82, 2.24) is 5.32 Å². The molecule has 0 aromatic heterocycles. The van der Waals surface area contributed by atoms with Gasteiger partial charge in [0, 0.05) is 17.1 Å². The smallest absolute Gasteiger partial charge is 0.326 e. The molecule has 6 heteroatoms. The normalized spacial score (nSPS) is 11.7. The van der Waals surface area contributed by atoms with Crippen LogP contribution in [-0.2, 0) is 16.3 Å². The second-order valence-electron chi connectivity index (χ2n) is 8.32. The van der Waals surface area contributed by atoms with E-state index in [4.69, 9.17) is 0 Å². The highest BCUT2D eigenvalue weighted by Gasteiger charge is 2.22. The van der Waals surface area contributed by atoms with Gasteiger partial charge in [-0.05, 0) is 72.2 Å². The van der Waals surface area contributed by atoms with E-state index in [0.717, 1.165) is 33.8 Å². The molecule has 0 fully saturated rings. The van der Waals surface area contributed by atoms with Crippen LogP contribution in [0.15, 0.2) is 66.7 Å². The summed E-state index contributed by atoms with van der Waals surface area (Å²) in [4.78, 5) is 24.8. The summed E-state index contributed by atoms with van der Waals surface area (Å²) in [5, 5.41) is 12.3. The molecule has 0 heterocycles. The van der Waals surface area contributed by atoms with Crippen LogP contribution in [0.4, 0.5) is 0 Å². The molecule has 3 rings (SSSR count). The predicted molar refractivity (Wildman–Crippen MR) is 145 cm³/mol. The van der Waals surface area contributed by atoms with E-state index in [9.17, 15) is 14.7 Å². The largest absolute Gasteiger partial charge is 0.480 e. The maximum atomic E-state index is 13.2. The number of nitrogens with one attached hydrogen (secondary N) is 1. The lowest BCUT2D eigenvalue weighted by atomic mass is 9.94. The zero-order chi connectivity index (χ0) is 24.5. The van der Waals surface area contributed by atoms with Gasteiger partial charge >= 0.3 is 5.97 Å². The minimum Gasteiger partial charge on any atom is -0.480 e. The third kappa shape index (κ3) is 7.15. The average molecular weight is 494 g/mol. The number of hydrogen-bond donors (Lipinski definition) is 2. The summed E-state index contributed by atoms with van der Waals surface area (Å²) in [5.41, 5.74) is 7.05. The van der Waals surface area contributed by atoms with Crippen molar-refractivity contribution in [3.8, 4) is 11.1 Å². The molecule has 0 saturated carbocycles. The Hall–Kier alpha value is -2.70. The van der Waals surface area contributed by atoms with Gasteiger partial charge in [0.1, 0.15) is 6.04 Å². The fourth-order valence-electron chi connectivity index (χ4n) is 3.68. The molecule has 0 spiro atoms. The monoisotopic (exact) mass is 493 g/mol. The quantitative estimate of drug-likeness (QED) is 0.326. The molecule has 2 N–H and O–H groups in total. The molecule has 1 atom stereocenters. The van der Waals surface area contributed by atoms with Crippen LogP contribution in [0, 0.1) is 13.8 Å². The predicted octanol–water partition coefficient (Wildman–Crippen LogP) is 6.34. The minimum absolute atomic E-state index is 0.356. The zero-order valence-corrected chi connectivity index (χ0v) is 21.5. The fourth-order valence-corrected chi connectivity index (χ4v) is 5.09. The maximum absolute atomic E-state index is 13.2. The minimum atomic E-state index is -1.01. The van der Waals surface area contributed by atoms with Crippen LogP contribution in [0.5, 0.6) is 0 Å². The summed E-state index contributed by atoms with van der Waals surface area (Å²) in [6.45, 7) is 4.11. The lowest BCUT2D eigenvalue weighted by molar-refractivity contribution is -0.139. The number of aryl methyl sites for hydroxylation is 2. The molecule has 0 saturated heterocycles. The first-order valence-corrected chi connectivity index (χ1v) is 13.8. The van der Waals surface area contributed by atoms with Crippen LogP contribution >= 0.6 is 23.5 Å². The second kappa shape index (κ2) is 12.7. The molecule has 0 bridgehead atoms. The number of benzene rings is 3. The number of carboxylic acid groups (broad SMARTS) is 1. The highest BCUT2D eigenvalue weighted by Crippen LogP contribution is 2.30. The van der Waals surface area contributed by atoms with Crippen LogP contribution in [0.1, 0.15) is 39.0 Å². The van der Waals surface area contributed by atoms with E-state index in [1.807, 2.05) is 61.3 Å². The van der Waals surface area contributed by atoms with Gasteiger partial charge in [0.2, 0.25) is 0 Å². The zero-order valence-electron chi connectivity index (χ0n) is 19.8. The Balaban J connectivity index is 1.84. The lowest BCUT2D eigenvalue weighted by Crippen LogP contribution is -2.41. The van der Waals surface area contributed by atoms with E-state index in [1.54, 1.807) is 11.8 Å². The Morgan fingerprint density at radius 3 is 2.26 bits per heavy atom. The van der Waals surface area contributed by atoms with Crippen LogP contribution in [-0.4, -0.2) is 35.0 Å². The van der Waals surface area contributed by atoms with Crippen LogP contribution in [0.3, 0.4) is 0 Å². The van der Waals surface area contributed by atoms with E-state index in [-0.39, 0.29) is 5.91 Å². The number of rotatable bonds is 11. The Bertz CT molecular complexity index is 1130. The van der Waals surface area contributed by atoms with Gasteiger partial charge in [-0.15, -0.1) is 0 Å². The molecule has 3 aromatic carbocycles. The Morgan fingerprint density at radius 2 is 1.59 bits per heavy atom. The SMILES string of the molecule is CSCCC(NC(=O)c1ccc(CSCc2ccc(C)cc2)cc1-c1ccccc1C)C(=O)O. The number of aliphatic carboxylic acids is 1. The van der Waals surface area contributed by atoms with Crippen LogP contribution < -0.4 is 5.32 Å². The average Bonchev–Trinajstić information content (AvgIpc) is 2.83. The molecular formula is C28H31NO3S2. The third-order valence-electron chi connectivity index (χ3n) is 5.64. The summed E-state index contributed by atoms with van der Waals surface area (Å²) < 4.78 is 0. The molecule has 0 radical (unpaired) electrons. The first-order chi connectivity index (χ1) is 16.4. The van der Waals surface area contributed by atoms with Gasteiger partial charge in [-0.2, -0.15) is 23.5 Å². The van der Waals surface area contributed by atoms with Crippen molar-refractivity contribution in [3.63, 3.8) is 0 Å². The van der Waals surface area contributed by atoms with Crippen LogP contribution in [0.25, 0.3) is 11.1 Å². The van der Waals surface area contributed by atoms with Crippen molar-refractivity contribution in [3.05, 3.63) is 94.5 Å². The number of carboxylic acids is 1. The second-order valence-corrected chi connectivity index (χ2v) is 10.3. The van der Waals surface area contributed by atoms with Crippen molar-refractivity contribution >= 4 is 35.4 Å². The maximum Gasteiger partial charge on any atom is 0.326 e. The van der Waals surface area contributed by atoms with Gasteiger partial charge in [0.05, 0.1) is 0 Å². The topological polar surface area (TPSA) is 66.4 Å². The van der Waals surface area contributed by atoms with Gasteiger partial charge in [-0.3, -0.25) is 4.79 Å². The standard InChI is InChI=1S/C28H31NO3S2/c1-19-8-10-21(11-9-19)17-34-18-22-12-13-24(25(16-22)23-7-5-4-6-20(23)2)27(30)29-26(28(31)32)14-15-33-3/h4-13,16,26H,14-15,17-18H2,1-3H3,(H,29,30)(H,31,32). The summed E-state index contributed by atoms with van der Waals surface area (Å²) in [6.07, 6.45) is 2.31. The molecule has 178 valence electrons. The number of amides is 1. The number of thioether (sulfide) groups is 2. The number of carbonyl (C=O) groups excluding carboxylic acids is 1. The fraction of sp³-hybridized carbons (Fsp3) is 0.286. The Labute approximate surface area is 210 Å². The Kier molecular flexibility index (Phi) is 9.66. The van der Waals surface area contributed by atoms with Gasteiger partial charge in [-0.1, -0.05) is 60.2 Å². The van der Waals surface area contributed by atoms with Crippen molar-refractivity contribution in [1.29, 1.82) is 0 Å². The number of hydrogen-bond acceptors (Lipinski definition) is 4. The Morgan fingerprint density at radius 1 is 0.912 bits per heavy atom. The lowest BCUT2D eigenvalue weighted by Gasteiger charge is -2.17. The van der Waals surface area contributed by atoms with Gasteiger partial charge in [0.15, 0.2) is 0 Å². The summed E-state index contributed by atoms with van der Waals surface area (Å²) in [7, 11) is 0. The molecule has 1 unspecified atom stereocenters. The van der Waals surface area contributed by atoms with E-state index in [2.05, 4.69) is 42.6 Å². The molecule has 0 aliphatic rings. The molecule has 3 aromatic rings. The van der Waals surface area contributed by atoms with Gasteiger partial charge in [0.25, 0.3) is 5.91 Å². The summed E-state index contributed by atoms with van der Waals surface area (Å²) in [5.74, 6) is 1.03. The molecular weight excluding hydrogens is 462 g/mol. The van der Waals surface area contributed by atoms with E-state index in [1.165, 1.54) is 11.1 Å². The van der Waals surface area contributed by atoms with Gasteiger partial charge in [-0.25, -0.2) is 4.79 Å². The first kappa shape index (κ1) is 25.9. The van der Waals surface area contributed by atoms with Crippen LogP contribution in [0.2, 0.25) is 0 Å². The molecule has 4 nitrogen and oxygen atoms in total. The summed E-state index contributed by atoms with van der Waals surface area (Å²) in [6, 6.07) is 21.5. The van der Waals surface area contributed by atoms with E-state index in [0.29, 0.717) is 17.7 Å². The highest BCUT2D eigenvalue weighted by atomic mass is 32.2. The molecule has 34 heavy (non-hydrogen) atoms. The summed E-state index contributed by atoms with van der Waals surface area (Å²) >= 11 is 3.39. The third-order valence-corrected chi connectivity index (χ3v) is 7.35. The first-order valence-electron chi connectivity index (χ1n) is 11.2. The number of carbonyl (C=O) groups is 2. The molecule has 0 aliphatic heterocycles.